The van der Waals surface area contributed by atoms with Crippen molar-refractivity contribution in [3.8, 4) is 5.69 Å². The van der Waals surface area contributed by atoms with Crippen molar-refractivity contribution in [2.75, 3.05) is 6.54 Å². The zero-order chi connectivity index (χ0) is 16.4. The van der Waals surface area contributed by atoms with E-state index < -0.39 is 5.97 Å². The number of carboxylic acids is 1. The van der Waals surface area contributed by atoms with Gasteiger partial charge in [-0.15, -0.1) is 5.10 Å². The normalized spacial score (nSPS) is 17.4. The summed E-state index contributed by atoms with van der Waals surface area (Å²) in [6, 6.07) is 4.56. The molecule has 1 atom stereocenters. The quantitative estimate of drug-likeness (QED) is 0.906. The lowest BCUT2D eigenvalue weighted by atomic mass is 10.1. The molecule has 1 fully saturated rings. The number of halogens is 1. The van der Waals surface area contributed by atoms with Gasteiger partial charge in [0.1, 0.15) is 6.33 Å². The maximum Gasteiger partial charge on any atom is 0.305 e. The Labute approximate surface area is 136 Å². The lowest BCUT2D eigenvalue weighted by Gasteiger charge is -2.24. The highest BCUT2D eigenvalue weighted by Gasteiger charge is 2.32. The molecule has 0 aliphatic carbocycles. The number of aliphatic carboxylic acids is 1. The summed E-state index contributed by atoms with van der Waals surface area (Å²) in [4.78, 5) is 25.5. The first kappa shape index (κ1) is 15.4. The van der Waals surface area contributed by atoms with Crippen LogP contribution >= 0.6 is 11.6 Å². The van der Waals surface area contributed by atoms with Gasteiger partial charge in [0.05, 0.1) is 17.7 Å². The van der Waals surface area contributed by atoms with Crippen LogP contribution in [0.4, 0.5) is 0 Å². The Balaban J connectivity index is 1.96. The van der Waals surface area contributed by atoms with Crippen LogP contribution in [0, 0.1) is 0 Å². The molecule has 1 N–H and O–H groups in total. The van der Waals surface area contributed by atoms with Gasteiger partial charge in [0.2, 0.25) is 0 Å². The van der Waals surface area contributed by atoms with E-state index in [4.69, 9.17) is 16.7 Å². The number of tetrazole rings is 1. The molecule has 120 valence electrons. The highest BCUT2D eigenvalue weighted by Crippen LogP contribution is 2.26. The molecular formula is C14H14ClN5O3. The minimum absolute atomic E-state index is 0.0630. The molecule has 0 spiro atoms. The van der Waals surface area contributed by atoms with Gasteiger partial charge in [-0.1, -0.05) is 11.6 Å². The molecule has 2 heterocycles. The molecule has 1 aliphatic heterocycles. The van der Waals surface area contributed by atoms with E-state index in [2.05, 4.69) is 15.5 Å². The molecule has 1 aliphatic rings. The summed E-state index contributed by atoms with van der Waals surface area (Å²) in [7, 11) is 0. The van der Waals surface area contributed by atoms with Crippen molar-refractivity contribution in [1.29, 1.82) is 0 Å². The minimum Gasteiger partial charge on any atom is -0.481 e. The van der Waals surface area contributed by atoms with Crippen LogP contribution in [0.5, 0.6) is 0 Å². The lowest BCUT2D eigenvalue weighted by Crippen LogP contribution is -2.37. The van der Waals surface area contributed by atoms with E-state index in [-0.39, 0.29) is 18.4 Å². The van der Waals surface area contributed by atoms with Gasteiger partial charge in [0.25, 0.3) is 5.91 Å². The first-order valence-corrected chi connectivity index (χ1v) is 7.49. The second-order valence-electron chi connectivity index (χ2n) is 5.31. The molecule has 8 nitrogen and oxygen atoms in total. The molecule has 9 heteroatoms. The third-order valence-electron chi connectivity index (χ3n) is 3.83. The fraction of sp³-hybridized carbons (Fsp3) is 0.357. The number of nitrogens with zero attached hydrogens (tertiary/aromatic N) is 5. The Morgan fingerprint density at radius 2 is 2.22 bits per heavy atom. The number of hydrogen-bond acceptors (Lipinski definition) is 5. The number of hydrogen-bond donors (Lipinski definition) is 1. The zero-order valence-electron chi connectivity index (χ0n) is 12.1. The highest BCUT2D eigenvalue weighted by atomic mass is 35.5. The van der Waals surface area contributed by atoms with Crippen molar-refractivity contribution in [1.82, 2.24) is 25.1 Å². The topological polar surface area (TPSA) is 101 Å². The average molecular weight is 336 g/mol. The van der Waals surface area contributed by atoms with Crippen molar-refractivity contribution in [3.63, 3.8) is 0 Å². The zero-order valence-corrected chi connectivity index (χ0v) is 12.8. The van der Waals surface area contributed by atoms with E-state index >= 15 is 0 Å². The van der Waals surface area contributed by atoms with Crippen molar-refractivity contribution in [3.05, 3.63) is 35.1 Å². The standard InChI is InChI=1S/C14H14ClN5O3/c15-9-3-4-12(20-8-16-17-18-20)11(6-9)14(23)19-5-1-2-10(19)7-13(21)22/h3-4,6,8,10H,1-2,5,7H2,(H,21,22). The van der Waals surface area contributed by atoms with E-state index in [9.17, 15) is 9.59 Å². The van der Waals surface area contributed by atoms with Gasteiger partial charge in [-0.05, 0) is 41.5 Å². The van der Waals surface area contributed by atoms with Crippen molar-refractivity contribution in [2.24, 2.45) is 0 Å². The van der Waals surface area contributed by atoms with E-state index in [1.54, 1.807) is 23.1 Å². The fourth-order valence-corrected chi connectivity index (χ4v) is 2.99. The van der Waals surface area contributed by atoms with Crippen LogP contribution in [0.3, 0.4) is 0 Å². The first-order chi connectivity index (χ1) is 11.1. The Morgan fingerprint density at radius 1 is 1.39 bits per heavy atom. The largest absolute Gasteiger partial charge is 0.481 e. The summed E-state index contributed by atoms with van der Waals surface area (Å²) >= 11 is 6.02. The van der Waals surface area contributed by atoms with E-state index in [1.807, 2.05) is 0 Å². The summed E-state index contributed by atoms with van der Waals surface area (Å²) in [6.45, 7) is 0.526. The van der Waals surface area contributed by atoms with Crippen LogP contribution in [0.15, 0.2) is 24.5 Å². The Hall–Kier alpha value is -2.48. The van der Waals surface area contributed by atoms with Crippen LogP contribution < -0.4 is 0 Å². The number of benzene rings is 1. The summed E-state index contributed by atoms with van der Waals surface area (Å²) in [5.41, 5.74) is 0.854. The van der Waals surface area contributed by atoms with Gasteiger partial charge in [0.15, 0.2) is 0 Å². The van der Waals surface area contributed by atoms with Crippen molar-refractivity contribution >= 4 is 23.5 Å². The number of amides is 1. The van der Waals surface area contributed by atoms with Crippen LogP contribution in [0.25, 0.3) is 5.69 Å². The molecule has 0 saturated carbocycles. The van der Waals surface area contributed by atoms with E-state index in [0.29, 0.717) is 29.2 Å². The molecule has 1 saturated heterocycles. The van der Waals surface area contributed by atoms with Crippen LogP contribution in [0.1, 0.15) is 29.6 Å². The molecule has 23 heavy (non-hydrogen) atoms. The van der Waals surface area contributed by atoms with Gasteiger partial charge >= 0.3 is 5.97 Å². The fourth-order valence-electron chi connectivity index (χ4n) is 2.82. The molecular weight excluding hydrogens is 322 g/mol. The number of carbonyl (C=O) groups is 2. The second-order valence-corrected chi connectivity index (χ2v) is 5.74. The van der Waals surface area contributed by atoms with Crippen molar-refractivity contribution in [2.45, 2.75) is 25.3 Å². The molecule has 1 unspecified atom stereocenters. The highest BCUT2D eigenvalue weighted by molar-refractivity contribution is 6.31. The predicted octanol–water partition coefficient (Wildman–Crippen LogP) is 1.39. The summed E-state index contributed by atoms with van der Waals surface area (Å²) in [5, 5.41) is 20.4. The number of carbonyl (C=O) groups excluding carboxylic acids is 1. The van der Waals surface area contributed by atoms with Crippen LogP contribution in [-0.2, 0) is 4.79 Å². The number of aromatic nitrogens is 4. The second kappa shape index (κ2) is 6.33. The Bertz CT molecular complexity index is 734. The van der Waals surface area contributed by atoms with Crippen LogP contribution in [-0.4, -0.2) is 54.7 Å². The predicted molar refractivity (Wildman–Crippen MR) is 80.5 cm³/mol. The van der Waals surface area contributed by atoms with E-state index in [1.165, 1.54) is 11.0 Å². The minimum atomic E-state index is -0.915. The monoisotopic (exact) mass is 335 g/mol. The molecule has 1 aromatic heterocycles. The molecule has 0 radical (unpaired) electrons. The smallest absolute Gasteiger partial charge is 0.305 e. The molecule has 3 rings (SSSR count). The van der Waals surface area contributed by atoms with Gasteiger partial charge < -0.3 is 10.0 Å². The molecule has 0 bridgehead atoms. The summed E-state index contributed by atoms with van der Waals surface area (Å²) < 4.78 is 1.38. The van der Waals surface area contributed by atoms with Crippen molar-refractivity contribution < 1.29 is 14.7 Å². The lowest BCUT2D eigenvalue weighted by molar-refractivity contribution is -0.137. The number of likely N-dealkylation sites (tertiary alicyclic amines) is 1. The average Bonchev–Trinajstić information content (AvgIpc) is 3.17. The SMILES string of the molecule is O=C(O)CC1CCCN1C(=O)c1cc(Cl)ccc1-n1cnnn1. The molecule has 1 aromatic carbocycles. The molecule has 1 amide bonds. The van der Waals surface area contributed by atoms with Gasteiger partial charge in [-0.2, -0.15) is 4.68 Å². The van der Waals surface area contributed by atoms with Gasteiger partial charge in [-0.25, -0.2) is 0 Å². The number of carboxylic acid groups (broad SMARTS) is 1. The van der Waals surface area contributed by atoms with Gasteiger partial charge in [-0.3, -0.25) is 9.59 Å². The van der Waals surface area contributed by atoms with Crippen LogP contribution in [0.2, 0.25) is 5.02 Å². The third-order valence-corrected chi connectivity index (χ3v) is 4.07. The maximum absolute atomic E-state index is 12.9. The van der Waals surface area contributed by atoms with Gasteiger partial charge in [0, 0.05) is 17.6 Å². The summed E-state index contributed by atoms with van der Waals surface area (Å²) in [6.07, 6.45) is 2.79. The Morgan fingerprint density at radius 3 is 2.91 bits per heavy atom. The Kier molecular flexibility index (Phi) is 4.24. The molecule has 2 aromatic rings. The third kappa shape index (κ3) is 3.16. The maximum atomic E-state index is 12.9. The number of rotatable bonds is 4. The summed E-state index contributed by atoms with van der Waals surface area (Å²) in [5.74, 6) is -1.18. The first-order valence-electron chi connectivity index (χ1n) is 7.12. The van der Waals surface area contributed by atoms with E-state index in [0.717, 1.165) is 6.42 Å².